The summed E-state index contributed by atoms with van der Waals surface area (Å²) in [5, 5.41) is 0.738. The highest BCUT2D eigenvalue weighted by molar-refractivity contribution is 7.89. The number of pyridine rings is 1. The molecule has 0 aliphatic carbocycles. The van der Waals surface area contributed by atoms with Crippen LogP contribution in [0.15, 0.2) is 63.0 Å². The zero-order valence-corrected chi connectivity index (χ0v) is 20.3. The standard InChI is InChI=1S/C24H25N5O5S/c1-4-29(5-2)35(33,34)15-10-11-20-17(12-15)18(13-22(30)26-20)24(32)28(3)14-21-25-19-9-7-6-8-16(19)23(31)27-21/h6-13H,4-5,14H2,1-3H3,(H,26,30)(H,25,27,31). The van der Waals surface area contributed by atoms with Gasteiger partial charge in [-0.05, 0) is 30.3 Å². The molecule has 2 heterocycles. The van der Waals surface area contributed by atoms with Gasteiger partial charge in [0.05, 0.1) is 27.9 Å². The topological polar surface area (TPSA) is 136 Å². The van der Waals surface area contributed by atoms with Gasteiger partial charge in [-0.3, -0.25) is 14.4 Å². The van der Waals surface area contributed by atoms with Gasteiger partial charge in [0.25, 0.3) is 11.5 Å². The predicted octanol–water partition coefficient (Wildman–Crippen LogP) is 2.07. The maximum Gasteiger partial charge on any atom is 0.258 e. The molecule has 0 aliphatic heterocycles. The first kappa shape index (κ1) is 24.3. The summed E-state index contributed by atoms with van der Waals surface area (Å²) in [7, 11) is -2.26. The number of hydrogen-bond acceptors (Lipinski definition) is 6. The van der Waals surface area contributed by atoms with Crippen molar-refractivity contribution in [1.82, 2.24) is 24.2 Å². The average Bonchev–Trinajstić information content (AvgIpc) is 2.83. The van der Waals surface area contributed by atoms with Gasteiger partial charge in [0.15, 0.2) is 0 Å². The van der Waals surface area contributed by atoms with Crippen molar-refractivity contribution in [2.45, 2.75) is 25.3 Å². The Morgan fingerprint density at radius 3 is 2.40 bits per heavy atom. The van der Waals surface area contributed by atoms with E-state index < -0.39 is 21.5 Å². The smallest absolute Gasteiger partial charge is 0.258 e. The number of sulfonamides is 1. The van der Waals surface area contributed by atoms with Crippen molar-refractivity contribution >= 4 is 37.7 Å². The molecule has 0 saturated heterocycles. The summed E-state index contributed by atoms with van der Waals surface area (Å²) >= 11 is 0. The van der Waals surface area contributed by atoms with Crippen LogP contribution in [-0.2, 0) is 16.6 Å². The van der Waals surface area contributed by atoms with Crippen molar-refractivity contribution in [3.8, 4) is 0 Å². The van der Waals surface area contributed by atoms with Crippen LogP contribution in [0.1, 0.15) is 30.0 Å². The molecule has 0 aliphatic rings. The van der Waals surface area contributed by atoms with E-state index in [2.05, 4.69) is 15.0 Å². The molecule has 2 aromatic heterocycles. The Morgan fingerprint density at radius 1 is 0.971 bits per heavy atom. The highest BCUT2D eigenvalue weighted by Gasteiger charge is 2.24. The van der Waals surface area contributed by atoms with E-state index in [1.54, 1.807) is 38.1 Å². The van der Waals surface area contributed by atoms with E-state index >= 15 is 0 Å². The number of rotatable bonds is 7. The first-order valence-corrected chi connectivity index (χ1v) is 12.5. The summed E-state index contributed by atoms with van der Waals surface area (Å²) in [6.07, 6.45) is 0. The van der Waals surface area contributed by atoms with Crippen molar-refractivity contribution < 1.29 is 13.2 Å². The Hall–Kier alpha value is -3.83. The SMILES string of the molecule is CCN(CC)S(=O)(=O)c1ccc2[nH]c(=O)cc(C(=O)N(C)Cc3nc4ccccc4c(=O)[nH]3)c2c1. The van der Waals surface area contributed by atoms with Gasteiger partial charge >= 0.3 is 0 Å². The van der Waals surface area contributed by atoms with E-state index in [0.717, 1.165) is 6.07 Å². The summed E-state index contributed by atoms with van der Waals surface area (Å²) < 4.78 is 27.3. The fraction of sp³-hybridized carbons (Fsp3) is 0.250. The Bertz CT molecular complexity index is 1650. The van der Waals surface area contributed by atoms with Gasteiger partial charge < -0.3 is 14.9 Å². The van der Waals surface area contributed by atoms with E-state index in [0.29, 0.717) is 34.9 Å². The van der Waals surface area contributed by atoms with Crippen LogP contribution in [0.4, 0.5) is 0 Å². The number of para-hydroxylation sites is 1. The average molecular weight is 496 g/mol. The quantitative estimate of drug-likeness (QED) is 0.403. The maximum absolute atomic E-state index is 13.4. The molecule has 0 atom stereocenters. The third-order valence-corrected chi connectivity index (χ3v) is 7.83. The largest absolute Gasteiger partial charge is 0.334 e. The molecule has 0 bridgehead atoms. The Balaban J connectivity index is 1.75. The van der Waals surface area contributed by atoms with Crippen LogP contribution in [-0.4, -0.2) is 58.6 Å². The van der Waals surface area contributed by atoms with Crippen LogP contribution in [0, 0.1) is 0 Å². The van der Waals surface area contributed by atoms with Gasteiger partial charge in [-0.25, -0.2) is 13.4 Å². The molecule has 0 fully saturated rings. The number of aromatic amines is 2. The van der Waals surface area contributed by atoms with Crippen LogP contribution in [0.5, 0.6) is 0 Å². The number of nitrogens with zero attached hydrogens (tertiary/aromatic N) is 3. The van der Waals surface area contributed by atoms with Crippen molar-refractivity contribution in [2.24, 2.45) is 0 Å². The molecule has 182 valence electrons. The second-order valence-electron chi connectivity index (χ2n) is 8.03. The molecule has 11 heteroatoms. The lowest BCUT2D eigenvalue weighted by Crippen LogP contribution is -2.31. The zero-order valence-electron chi connectivity index (χ0n) is 19.5. The van der Waals surface area contributed by atoms with Crippen molar-refractivity contribution in [3.05, 3.63) is 80.6 Å². The zero-order chi connectivity index (χ0) is 25.3. The van der Waals surface area contributed by atoms with Crippen molar-refractivity contribution in [3.63, 3.8) is 0 Å². The lowest BCUT2D eigenvalue weighted by atomic mass is 10.1. The molecular formula is C24H25N5O5S. The fourth-order valence-electron chi connectivity index (χ4n) is 3.99. The van der Waals surface area contributed by atoms with E-state index in [1.165, 1.54) is 34.5 Å². The van der Waals surface area contributed by atoms with Gasteiger partial charge in [-0.1, -0.05) is 26.0 Å². The van der Waals surface area contributed by atoms with Gasteiger partial charge in [0.2, 0.25) is 15.6 Å². The van der Waals surface area contributed by atoms with Crippen LogP contribution < -0.4 is 11.1 Å². The van der Waals surface area contributed by atoms with Crippen molar-refractivity contribution in [2.75, 3.05) is 20.1 Å². The van der Waals surface area contributed by atoms with Gasteiger partial charge in [-0.2, -0.15) is 4.31 Å². The number of H-pyrrole nitrogens is 2. The summed E-state index contributed by atoms with van der Waals surface area (Å²) in [5.41, 5.74) is 0.0704. The number of carbonyl (C=O) groups excluding carboxylic acids is 1. The number of hydrogen-bond donors (Lipinski definition) is 2. The molecule has 0 spiro atoms. The van der Waals surface area contributed by atoms with Crippen LogP contribution >= 0.6 is 0 Å². The van der Waals surface area contributed by atoms with Crippen LogP contribution in [0.25, 0.3) is 21.8 Å². The summed E-state index contributed by atoms with van der Waals surface area (Å²) in [6, 6.07) is 12.3. The molecular weight excluding hydrogens is 470 g/mol. The second kappa shape index (κ2) is 9.43. The van der Waals surface area contributed by atoms with Gasteiger partial charge in [-0.15, -0.1) is 0 Å². The molecule has 2 aromatic carbocycles. The maximum atomic E-state index is 13.4. The highest BCUT2D eigenvalue weighted by Crippen LogP contribution is 2.24. The first-order chi connectivity index (χ1) is 16.6. The Labute approximate surface area is 201 Å². The fourth-order valence-corrected chi connectivity index (χ4v) is 5.48. The minimum absolute atomic E-state index is 0.0232. The van der Waals surface area contributed by atoms with E-state index in [4.69, 9.17) is 0 Å². The normalized spacial score (nSPS) is 11.9. The molecule has 35 heavy (non-hydrogen) atoms. The predicted molar refractivity (Wildman–Crippen MR) is 133 cm³/mol. The second-order valence-corrected chi connectivity index (χ2v) is 9.97. The molecule has 1 amide bonds. The third kappa shape index (κ3) is 4.60. The van der Waals surface area contributed by atoms with Gasteiger partial charge in [0.1, 0.15) is 5.82 Å². The monoisotopic (exact) mass is 495 g/mol. The number of amides is 1. The lowest BCUT2D eigenvalue weighted by molar-refractivity contribution is 0.0783. The summed E-state index contributed by atoms with van der Waals surface area (Å²) in [4.78, 5) is 49.1. The molecule has 4 aromatic rings. The van der Waals surface area contributed by atoms with Crippen LogP contribution in [0.3, 0.4) is 0 Å². The Morgan fingerprint density at radius 2 is 1.69 bits per heavy atom. The van der Waals surface area contributed by atoms with E-state index in [1.807, 2.05) is 0 Å². The minimum Gasteiger partial charge on any atom is -0.334 e. The number of nitrogens with one attached hydrogen (secondary N) is 2. The van der Waals surface area contributed by atoms with E-state index in [-0.39, 0.29) is 28.4 Å². The minimum atomic E-state index is -3.77. The molecule has 0 radical (unpaired) electrons. The number of benzene rings is 2. The number of fused-ring (bicyclic) bond motifs is 2. The van der Waals surface area contributed by atoms with E-state index in [9.17, 15) is 22.8 Å². The molecule has 0 unspecified atom stereocenters. The Kier molecular flexibility index (Phi) is 6.55. The third-order valence-electron chi connectivity index (χ3n) is 5.78. The lowest BCUT2D eigenvalue weighted by Gasteiger charge is -2.20. The highest BCUT2D eigenvalue weighted by atomic mass is 32.2. The number of carbonyl (C=O) groups is 1. The van der Waals surface area contributed by atoms with Gasteiger partial charge in [0, 0.05) is 37.1 Å². The molecule has 2 N–H and O–H groups in total. The molecule has 10 nitrogen and oxygen atoms in total. The molecule has 0 saturated carbocycles. The van der Waals surface area contributed by atoms with Crippen molar-refractivity contribution in [1.29, 1.82) is 0 Å². The molecule has 4 rings (SSSR count). The first-order valence-electron chi connectivity index (χ1n) is 11.1. The summed E-state index contributed by atoms with van der Waals surface area (Å²) in [5.74, 6) is -0.238. The van der Waals surface area contributed by atoms with Crippen LogP contribution in [0.2, 0.25) is 0 Å². The summed E-state index contributed by atoms with van der Waals surface area (Å²) in [6.45, 7) is 4.07. The number of aromatic nitrogens is 3.